The third-order valence-electron chi connectivity index (χ3n) is 5.79. The van der Waals surface area contributed by atoms with Crippen molar-refractivity contribution in [2.24, 2.45) is 5.92 Å². The fraction of sp³-hybridized carbons (Fsp3) is 0.435. The summed E-state index contributed by atoms with van der Waals surface area (Å²) in [5, 5.41) is 4.70. The van der Waals surface area contributed by atoms with Gasteiger partial charge >= 0.3 is 0 Å². The third kappa shape index (κ3) is 4.59. The van der Waals surface area contributed by atoms with Gasteiger partial charge in [0.1, 0.15) is 0 Å². The lowest BCUT2D eigenvalue weighted by molar-refractivity contribution is -0.327. The van der Waals surface area contributed by atoms with Gasteiger partial charge in [0.2, 0.25) is 6.29 Å². The Bertz CT molecular complexity index is 938. The van der Waals surface area contributed by atoms with Crippen molar-refractivity contribution in [2.75, 3.05) is 37.7 Å². The van der Waals surface area contributed by atoms with Gasteiger partial charge in [-0.1, -0.05) is 41.7 Å². The zero-order valence-corrected chi connectivity index (χ0v) is 17.8. The highest BCUT2D eigenvalue weighted by Gasteiger charge is 2.23. The molecule has 2 aliphatic heterocycles. The number of anilines is 1. The second-order valence-electron chi connectivity index (χ2n) is 7.89. The minimum atomic E-state index is -0.334. The fourth-order valence-corrected chi connectivity index (χ4v) is 5.07. The predicted octanol–water partition coefficient (Wildman–Crippen LogP) is 4.01. The van der Waals surface area contributed by atoms with Crippen LogP contribution in [0, 0.1) is 5.92 Å². The van der Waals surface area contributed by atoms with Crippen molar-refractivity contribution < 1.29 is 14.5 Å². The molecule has 1 unspecified atom stereocenters. The number of nitrogens with zero attached hydrogens (tertiary/aromatic N) is 2. The topological polar surface area (TPSA) is 55.9 Å². The van der Waals surface area contributed by atoms with E-state index in [1.54, 1.807) is 11.3 Å². The van der Waals surface area contributed by atoms with Crippen LogP contribution in [-0.4, -0.2) is 44.1 Å². The van der Waals surface area contributed by atoms with Crippen molar-refractivity contribution in [2.45, 2.75) is 25.6 Å². The maximum Gasteiger partial charge on any atom is 0.207 e. The number of benzene rings is 2. The van der Waals surface area contributed by atoms with Gasteiger partial charge in [-0.3, -0.25) is 0 Å². The molecule has 7 heteroatoms. The summed E-state index contributed by atoms with van der Waals surface area (Å²) in [5.74, 6) is 1.49. The van der Waals surface area contributed by atoms with E-state index in [0.717, 1.165) is 54.6 Å². The van der Waals surface area contributed by atoms with Crippen molar-refractivity contribution in [3.05, 3.63) is 54.1 Å². The molecule has 0 bridgehead atoms. The first kappa shape index (κ1) is 19.8. The van der Waals surface area contributed by atoms with Gasteiger partial charge in [-0.2, -0.15) is 4.89 Å². The lowest BCUT2D eigenvalue weighted by atomic mass is 9.97. The Hall–Kier alpha value is -2.19. The van der Waals surface area contributed by atoms with Crippen LogP contribution in [0.4, 0.5) is 5.13 Å². The highest BCUT2D eigenvalue weighted by molar-refractivity contribution is 7.22. The Morgan fingerprint density at radius 1 is 1.10 bits per heavy atom. The number of thiazole rings is 1. The van der Waals surface area contributed by atoms with Gasteiger partial charge in [0.15, 0.2) is 10.9 Å². The van der Waals surface area contributed by atoms with E-state index in [4.69, 9.17) is 19.5 Å². The molecule has 1 N–H and O–H groups in total. The average Bonchev–Trinajstić information content (AvgIpc) is 3.23. The molecule has 0 amide bonds. The van der Waals surface area contributed by atoms with Crippen molar-refractivity contribution in [3.8, 4) is 5.75 Å². The summed E-state index contributed by atoms with van der Waals surface area (Å²) in [6.07, 6.45) is 2.78. The molecule has 1 atom stereocenters. The molecule has 6 nitrogen and oxygen atoms in total. The minimum Gasteiger partial charge on any atom is -0.348 e. The smallest absolute Gasteiger partial charge is 0.207 e. The normalized spacial score (nSPS) is 19.6. The zero-order valence-electron chi connectivity index (χ0n) is 17.0. The molecule has 158 valence electrons. The molecule has 2 aliphatic rings. The molecule has 2 aromatic carbocycles. The largest absolute Gasteiger partial charge is 0.348 e. The van der Waals surface area contributed by atoms with E-state index in [2.05, 4.69) is 34.5 Å². The molecular formula is C23H27N3O3S. The van der Waals surface area contributed by atoms with E-state index >= 15 is 0 Å². The average molecular weight is 426 g/mol. The molecule has 5 rings (SSSR count). The van der Waals surface area contributed by atoms with E-state index in [1.165, 1.54) is 17.5 Å². The van der Waals surface area contributed by atoms with E-state index in [-0.39, 0.29) is 6.29 Å². The molecular weight excluding hydrogens is 398 g/mol. The Kier molecular flexibility index (Phi) is 6.13. The Labute approximate surface area is 180 Å². The van der Waals surface area contributed by atoms with Gasteiger partial charge < -0.3 is 19.8 Å². The van der Waals surface area contributed by atoms with E-state index in [0.29, 0.717) is 12.5 Å². The predicted molar refractivity (Wildman–Crippen MR) is 119 cm³/mol. The summed E-state index contributed by atoms with van der Waals surface area (Å²) in [4.78, 5) is 17.8. The second kappa shape index (κ2) is 9.31. The number of ether oxygens (including phenoxy) is 1. The molecule has 0 saturated carbocycles. The van der Waals surface area contributed by atoms with E-state index in [9.17, 15) is 0 Å². The van der Waals surface area contributed by atoms with Crippen LogP contribution < -0.4 is 15.1 Å². The van der Waals surface area contributed by atoms with Gasteiger partial charge in [0.25, 0.3) is 0 Å². The molecule has 1 fully saturated rings. The van der Waals surface area contributed by atoms with Gasteiger partial charge in [-0.15, -0.1) is 0 Å². The van der Waals surface area contributed by atoms with Crippen LogP contribution in [0.5, 0.6) is 5.75 Å². The first-order valence-corrected chi connectivity index (χ1v) is 11.5. The summed E-state index contributed by atoms with van der Waals surface area (Å²) in [6, 6.07) is 16.3. The van der Waals surface area contributed by atoms with E-state index in [1.807, 2.05) is 24.3 Å². The van der Waals surface area contributed by atoms with Crippen molar-refractivity contribution in [1.29, 1.82) is 0 Å². The molecule has 3 aromatic rings. The summed E-state index contributed by atoms with van der Waals surface area (Å²) in [5.41, 5.74) is 2.23. The molecule has 0 radical (unpaired) electrons. The van der Waals surface area contributed by atoms with Crippen LogP contribution in [0.25, 0.3) is 10.2 Å². The zero-order chi connectivity index (χ0) is 20.2. The van der Waals surface area contributed by atoms with Crippen molar-refractivity contribution >= 4 is 26.7 Å². The van der Waals surface area contributed by atoms with Crippen LogP contribution in [0.1, 0.15) is 18.4 Å². The number of nitrogens with one attached hydrogen (secondary N) is 1. The highest BCUT2D eigenvalue weighted by Crippen LogP contribution is 2.31. The van der Waals surface area contributed by atoms with Crippen LogP contribution in [-0.2, 0) is 16.0 Å². The van der Waals surface area contributed by atoms with Crippen molar-refractivity contribution in [3.63, 3.8) is 0 Å². The van der Waals surface area contributed by atoms with Crippen LogP contribution in [0.15, 0.2) is 48.5 Å². The number of hydrogen-bond acceptors (Lipinski definition) is 7. The summed E-state index contributed by atoms with van der Waals surface area (Å²) in [6.45, 7) is 4.62. The molecule has 0 aliphatic carbocycles. The Morgan fingerprint density at radius 2 is 1.93 bits per heavy atom. The number of piperidine rings is 1. The summed E-state index contributed by atoms with van der Waals surface area (Å²) >= 11 is 1.80. The number of para-hydroxylation sites is 2. The van der Waals surface area contributed by atoms with Crippen LogP contribution in [0.2, 0.25) is 0 Å². The van der Waals surface area contributed by atoms with Gasteiger partial charge in [-0.05, 0) is 43.5 Å². The molecule has 0 spiro atoms. The standard InChI is InChI=1S/C23H27N3O3S/c1-3-7-20-18(5-1)15-22(29-28-20)27-14-11-24-16-17-9-12-26(13-10-17)23-25-19-6-2-4-8-21(19)30-23/h1-8,17,22,24H,9-16H2. The van der Waals surface area contributed by atoms with Gasteiger partial charge in [-0.25, -0.2) is 4.98 Å². The molecule has 1 aromatic heterocycles. The first-order chi connectivity index (χ1) is 14.8. The fourth-order valence-electron chi connectivity index (χ4n) is 4.05. The van der Waals surface area contributed by atoms with Gasteiger partial charge in [0, 0.05) is 31.6 Å². The van der Waals surface area contributed by atoms with Crippen LogP contribution in [0.3, 0.4) is 0 Å². The summed E-state index contributed by atoms with van der Waals surface area (Å²) in [7, 11) is 0. The maximum absolute atomic E-state index is 5.81. The second-order valence-corrected chi connectivity index (χ2v) is 8.90. The number of rotatable bonds is 7. The van der Waals surface area contributed by atoms with Gasteiger partial charge in [0.05, 0.1) is 16.8 Å². The highest BCUT2D eigenvalue weighted by atomic mass is 32.1. The number of fused-ring (bicyclic) bond motifs is 2. The SMILES string of the molecule is c1ccc2c(c1)CC(OCCNCC1CCN(c3nc4ccccc4s3)CC1)OO2. The molecule has 3 heterocycles. The molecule has 30 heavy (non-hydrogen) atoms. The van der Waals surface area contributed by atoms with Crippen molar-refractivity contribution in [1.82, 2.24) is 10.3 Å². The monoisotopic (exact) mass is 425 g/mol. The van der Waals surface area contributed by atoms with Crippen LogP contribution >= 0.6 is 11.3 Å². The lowest BCUT2D eigenvalue weighted by Gasteiger charge is -2.31. The number of hydrogen-bond donors (Lipinski definition) is 1. The Morgan fingerprint density at radius 3 is 2.83 bits per heavy atom. The maximum atomic E-state index is 5.81. The number of aromatic nitrogens is 1. The lowest BCUT2D eigenvalue weighted by Crippen LogP contribution is -2.38. The minimum absolute atomic E-state index is 0.334. The third-order valence-corrected chi connectivity index (χ3v) is 6.88. The Balaban J connectivity index is 0.992. The quantitative estimate of drug-likeness (QED) is 0.456. The van der Waals surface area contributed by atoms with E-state index < -0.39 is 0 Å². The molecule has 1 saturated heterocycles. The summed E-state index contributed by atoms with van der Waals surface area (Å²) < 4.78 is 7.08. The first-order valence-electron chi connectivity index (χ1n) is 10.7.